The Balaban J connectivity index is 1.71. The topological polar surface area (TPSA) is 63.8 Å². The van der Waals surface area contributed by atoms with Crippen LogP contribution in [0, 0.1) is 0 Å². The lowest BCUT2D eigenvalue weighted by atomic mass is 10.2. The summed E-state index contributed by atoms with van der Waals surface area (Å²) >= 11 is 1.77. The van der Waals surface area contributed by atoms with E-state index in [4.69, 9.17) is 5.11 Å². The van der Waals surface area contributed by atoms with Crippen molar-refractivity contribution in [1.29, 1.82) is 0 Å². The fourth-order valence-electron chi connectivity index (χ4n) is 2.29. The Bertz CT molecular complexity index is 568. The van der Waals surface area contributed by atoms with Crippen LogP contribution in [0.3, 0.4) is 0 Å². The van der Waals surface area contributed by atoms with Gasteiger partial charge in [-0.3, -0.25) is 9.55 Å². The zero-order valence-electron chi connectivity index (χ0n) is 12.0. The van der Waals surface area contributed by atoms with Crippen molar-refractivity contribution in [3.8, 4) is 11.4 Å². The Morgan fingerprint density at radius 3 is 2.67 bits per heavy atom. The zero-order chi connectivity index (χ0) is 14.5. The summed E-state index contributed by atoms with van der Waals surface area (Å²) in [7, 11) is 0. The quantitative estimate of drug-likeness (QED) is 0.600. The molecular formula is C15H20N4OS. The predicted molar refractivity (Wildman–Crippen MR) is 83.2 cm³/mol. The molecule has 1 fully saturated rings. The standard InChI is InChI=1S/C15H20N4OS/c20-10-2-1-3-11-21-15-18-17-14(19(15)13-4-5-13)12-6-8-16-9-7-12/h6-9,13,20H,1-5,10-11H2. The third-order valence-corrected chi connectivity index (χ3v) is 4.58. The highest BCUT2D eigenvalue weighted by atomic mass is 32.2. The molecule has 5 nitrogen and oxygen atoms in total. The molecule has 1 aliphatic carbocycles. The van der Waals surface area contributed by atoms with Crippen LogP contribution in [0.1, 0.15) is 38.1 Å². The highest BCUT2D eigenvalue weighted by Crippen LogP contribution is 2.41. The molecule has 0 unspecified atom stereocenters. The zero-order valence-corrected chi connectivity index (χ0v) is 12.8. The molecule has 0 saturated heterocycles. The van der Waals surface area contributed by atoms with Crippen molar-refractivity contribution in [3.63, 3.8) is 0 Å². The van der Waals surface area contributed by atoms with E-state index in [2.05, 4.69) is 19.7 Å². The van der Waals surface area contributed by atoms with E-state index in [-0.39, 0.29) is 6.61 Å². The minimum atomic E-state index is 0.287. The first-order chi connectivity index (χ1) is 10.4. The minimum absolute atomic E-state index is 0.287. The Labute approximate surface area is 128 Å². The Hall–Kier alpha value is -1.40. The van der Waals surface area contributed by atoms with Crippen LogP contribution in [0.25, 0.3) is 11.4 Å². The van der Waals surface area contributed by atoms with Crippen LogP contribution in [0.5, 0.6) is 0 Å². The molecule has 112 valence electrons. The van der Waals surface area contributed by atoms with Gasteiger partial charge in [0.1, 0.15) is 0 Å². The summed E-state index contributed by atoms with van der Waals surface area (Å²) in [4.78, 5) is 4.06. The molecule has 6 heteroatoms. The molecule has 3 rings (SSSR count). The lowest BCUT2D eigenvalue weighted by Gasteiger charge is -2.08. The van der Waals surface area contributed by atoms with Crippen molar-refractivity contribution in [2.75, 3.05) is 12.4 Å². The Morgan fingerprint density at radius 2 is 1.95 bits per heavy atom. The predicted octanol–water partition coefficient (Wildman–Crippen LogP) is 2.93. The second-order valence-corrected chi connectivity index (χ2v) is 6.34. The first-order valence-electron chi connectivity index (χ1n) is 7.49. The van der Waals surface area contributed by atoms with E-state index in [1.165, 1.54) is 12.8 Å². The fourth-order valence-corrected chi connectivity index (χ4v) is 3.29. The van der Waals surface area contributed by atoms with E-state index in [1.54, 1.807) is 24.2 Å². The molecule has 1 aliphatic rings. The lowest BCUT2D eigenvalue weighted by molar-refractivity contribution is 0.284. The highest BCUT2D eigenvalue weighted by molar-refractivity contribution is 7.99. The van der Waals surface area contributed by atoms with Gasteiger partial charge >= 0.3 is 0 Å². The second kappa shape index (κ2) is 7.04. The maximum atomic E-state index is 8.80. The molecule has 2 heterocycles. The normalized spacial score (nSPS) is 14.5. The Kier molecular flexibility index (Phi) is 4.87. The smallest absolute Gasteiger partial charge is 0.191 e. The van der Waals surface area contributed by atoms with Crippen LogP contribution in [0.15, 0.2) is 29.7 Å². The average Bonchev–Trinajstić information content (AvgIpc) is 3.28. The number of thioether (sulfide) groups is 1. The number of hydrogen-bond donors (Lipinski definition) is 1. The van der Waals surface area contributed by atoms with E-state index < -0.39 is 0 Å². The van der Waals surface area contributed by atoms with Crippen molar-refractivity contribution in [2.24, 2.45) is 0 Å². The number of nitrogens with zero attached hydrogens (tertiary/aromatic N) is 4. The van der Waals surface area contributed by atoms with E-state index in [1.807, 2.05) is 12.1 Å². The van der Waals surface area contributed by atoms with Crippen LogP contribution in [0.2, 0.25) is 0 Å². The third-order valence-electron chi connectivity index (χ3n) is 3.55. The lowest BCUT2D eigenvalue weighted by Crippen LogP contribution is -2.00. The first-order valence-corrected chi connectivity index (χ1v) is 8.47. The average molecular weight is 304 g/mol. The van der Waals surface area contributed by atoms with E-state index >= 15 is 0 Å². The molecule has 0 atom stereocenters. The summed E-state index contributed by atoms with van der Waals surface area (Å²) in [5, 5.41) is 18.6. The summed E-state index contributed by atoms with van der Waals surface area (Å²) in [6, 6.07) is 4.53. The van der Waals surface area contributed by atoms with Crippen molar-refractivity contribution in [1.82, 2.24) is 19.7 Å². The monoisotopic (exact) mass is 304 g/mol. The SMILES string of the molecule is OCCCCCSc1nnc(-c2ccncc2)n1C1CC1. The molecule has 0 spiro atoms. The number of unbranched alkanes of at least 4 members (excludes halogenated alkanes) is 2. The number of hydrogen-bond acceptors (Lipinski definition) is 5. The van der Waals surface area contributed by atoms with Crippen LogP contribution < -0.4 is 0 Å². The molecule has 2 aromatic rings. The van der Waals surface area contributed by atoms with E-state index in [0.717, 1.165) is 41.6 Å². The number of rotatable bonds is 8. The maximum Gasteiger partial charge on any atom is 0.191 e. The first kappa shape index (κ1) is 14.5. The molecule has 0 aromatic carbocycles. The van der Waals surface area contributed by atoms with E-state index in [9.17, 15) is 0 Å². The van der Waals surface area contributed by atoms with Gasteiger partial charge in [0.15, 0.2) is 11.0 Å². The van der Waals surface area contributed by atoms with Crippen molar-refractivity contribution in [2.45, 2.75) is 43.3 Å². The molecule has 21 heavy (non-hydrogen) atoms. The van der Waals surface area contributed by atoms with Crippen molar-refractivity contribution in [3.05, 3.63) is 24.5 Å². The number of aliphatic hydroxyl groups is 1. The van der Waals surface area contributed by atoms with Crippen LogP contribution in [-0.4, -0.2) is 37.2 Å². The van der Waals surface area contributed by atoms with Gasteiger partial charge in [-0.2, -0.15) is 0 Å². The minimum Gasteiger partial charge on any atom is -0.396 e. The molecule has 0 bridgehead atoms. The van der Waals surface area contributed by atoms with Gasteiger partial charge in [-0.15, -0.1) is 10.2 Å². The second-order valence-electron chi connectivity index (χ2n) is 5.28. The fraction of sp³-hybridized carbons (Fsp3) is 0.533. The maximum absolute atomic E-state index is 8.80. The van der Waals surface area contributed by atoms with Crippen LogP contribution in [0.4, 0.5) is 0 Å². The summed E-state index contributed by atoms with van der Waals surface area (Å²) in [6.07, 6.45) is 9.08. The molecular weight excluding hydrogens is 284 g/mol. The van der Waals surface area contributed by atoms with Gasteiger partial charge in [-0.25, -0.2) is 0 Å². The summed E-state index contributed by atoms with van der Waals surface area (Å²) < 4.78 is 2.28. The summed E-state index contributed by atoms with van der Waals surface area (Å²) in [5.41, 5.74) is 1.08. The van der Waals surface area contributed by atoms with Gasteiger partial charge in [-0.05, 0) is 37.8 Å². The van der Waals surface area contributed by atoms with Gasteiger partial charge in [0.25, 0.3) is 0 Å². The van der Waals surface area contributed by atoms with Gasteiger partial charge in [0.2, 0.25) is 0 Å². The largest absolute Gasteiger partial charge is 0.396 e. The van der Waals surface area contributed by atoms with Gasteiger partial charge in [0.05, 0.1) is 0 Å². The number of pyridine rings is 1. The van der Waals surface area contributed by atoms with Gasteiger partial charge < -0.3 is 5.11 Å². The number of aromatic nitrogens is 4. The summed E-state index contributed by atoms with van der Waals surface area (Å²) in [6.45, 7) is 0.287. The van der Waals surface area contributed by atoms with E-state index in [0.29, 0.717) is 6.04 Å². The molecule has 1 saturated carbocycles. The third kappa shape index (κ3) is 3.63. The molecule has 0 amide bonds. The van der Waals surface area contributed by atoms with Gasteiger partial charge in [-0.1, -0.05) is 18.2 Å². The van der Waals surface area contributed by atoms with Crippen LogP contribution >= 0.6 is 11.8 Å². The number of aliphatic hydroxyl groups excluding tert-OH is 1. The summed E-state index contributed by atoms with van der Waals surface area (Å²) in [5.74, 6) is 1.99. The molecule has 0 aliphatic heterocycles. The molecule has 1 N–H and O–H groups in total. The van der Waals surface area contributed by atoms with Crippen LogP contribution in [-0.2, 0) is 0 Å². The Morgan fingerprint density at radius 1 is 1.14 bits per heavy atom. The van der Waals surface area contributed by atoms with Crippen molar-refractivity contribution < 1.29 is 5.11 Å². The molecule has 0 radical (unpaired) electrons. The van der Waals surface area contributed by atoms with Crippen molar-refractivity contribution >= 4 is 11.8 Å². The van der Waals surface area contributed by atoms with Gasteiger partial charge in [0, 0.05) is 36.4 Å². The molecule has 2 aromatic heterocycles. The highest BCUT2D eigenvalue weighted by Gasteiger charge is 2.29.